The lowest BCUT2D eigenvalue weighted by Crippen LogP contribution is -2.44. The van der Waals surface area contributed by atoms with Gasteiger partial charge >= 0.3 is 5.82 Å². The SMILES string of the molecule is CN1CCN(c2nc[nH]c2[N+](=O)[O-])CC1. The van der Waals surface area contributed by atoms with Crippen molar-refractivity contribution in [2.75, 3.05) is 38.1 Å². The quantitative estimate of drug-likeness (QED) is 0.553. The molecular weight excluding hydrogens is 198 g/mol. The largest absolute Gasteiger partial charge is 0.365 e. The van der Waals surface area contributed by atoms with Crippen molar-refractivity contribution in [2.24, 2.45) is 0 Å². The zero-order chi connectivity index (χ0) is 10.8. The zero-order valence-corrected chi connectivity index (χ0v) is 8.51. The molecule has 15 heavy (non-hydrogen) atoms. The smallest absolute Gasteiger partial charge is 0.358 e. The van der Waals surface area contributed by atoms with Gasteiger partial charge in [-0.1, -0.05) is 0 Å². The van der Waals surface area contributed by atoms with Gasteiger partial charge in [0.05, 0.1) is 0 Å². The van der Waals surface area contributed by atoms with Crippen LogP contribution in [0.2, 0.25) is 0 Å². The second-order valence-electron chi connectivity index (χ2n) is 3.62. The van der Waals surface area contributed by atoms with Gasteiger partial charge in [-0.3, -0.25) is 0 Å². The Labute approximate surface area is 86.9 Å². The van der Waals surface area contributed by atoms with Crippen molar-refractivity contribution in [3.63, 3.8) is 0 Å². The zero-order valence-electron chi connectivity index (χ0n) is 8.51. The molecule has 1 aromatic rings. The van der Waals surface area contributed by atoms with Crippen molar-refractivity contribution in [1.82, 2.24) is 14.9 Å². The summed E-state index contributed by atoms with van der Waals surface area (Å²) < 4.78 is 0. The molecule has 0 bridgehead atoms. The van der Waals surface area contributed by atoms with Gasteiger partial charge in [-0.25, -0.2) is 4.98 Å². The van der Waals surface area contributed by atoms with Gasteiger partial charge in [0.1, 0.15) is 0 Å². The maximum absolute atomic E-state index is 10.7. The summed E-state index contributed by atoms with van der Waals surface area (Å²) >= 11 is 0. The van der Waals surface area contributed by atoms with Crippen molar-refractivity contribution >= 4 is 11.6 Å². The predicted octanol–water partition coefficient (Wildman–Crippen LogP) is 0.0697. The highest BCUT2D eigenvalue weighted by atomic mass is 16.6. The van der Waals surface area contributed by atoms with Crippen LogP contribution in [0.3, 0.4) is 0 Å². The van der Waals surface area contributed by atoms with Crippen LogP contribution in [0.25, 0.3) is 0 Å². The van der Waals surface area contributed by atoms with Crippen LogP contribution in [0.1, 0.15) is 0 Å². The molecule has 2 heterocycles. The van der Waals surface area contributed by atoms with Crippen molar-refractivity contribution in [1.29, 1.82) is 0 Å². The lowest BCUT2D eigenvalue weighted by Gasteiger charge is -2.31. The molecule has 1 saturated heterocycles. The van der Waals surface area contributed by atoms with Crippen LogP contribution in [-0.4, -0.2) is 53.0 Å². The van der Waals surface area contributed by atoms with Gasteiger partial charge in [0.15, 0.2) is 6.33 Å². The van der Waals surface area contributed by atoms with Crippen molar-refractivity contribution in [3.05, 3.63) is 16.4 Å². The third-order valence-corrected chi connectivity index (χ3v) is 2.59. The maximum atomic E-state index is 10.7. The lowest BCUT2D eigenvalue weighted by molar-refractivity contribution is -0.388. The van der Waals surface area contributed by atoms with Gasteiger partial charge in [-0.2, -0.15) is 4.98 Å². The van der Waals surface area contributed by atoms with E-state index < -0.39 is 4.92 Å². The first kappa shape index (κ1) is 9.91. The predicted molar refractivity (Wildman–Crippen MR) is 55.0 cm³/mol. The highest BCUT2D eigenvalue weighted by Crippen LogP contribution is 2.23. The summed E-state index contributed by atoms with van der Waals surface area (Å²) in [5.74, 6) is 0.438. The molecule has 0 atom stereocenters. The number of imidazole rings is 1. The van der Waals surface area contributed by atoms with Crippen LogP contribution < -0.4 is 4.90 Å². The minimum Gasteiger partial charge on any atom is -0.358 e. The summed E-state index contributed by atoms with van der Waals surface area (Å²) in [4.78, 5) is 20.9. The van der Waals surface area contributed by atoms with E-state index in [4.69, 9.17) is 0 Å². The number of aromatic nitrogens is 2. The minimum absolute atomic E-state index is 0.0143. The molecule has 0 radical (unpaired) electrons. The summed E-state index contributed by atoms with van der Waals surface area (Å²) in [6, 6.07) is 0. The molecule has 1 aliphatic heterocycles. The second-order valence-corrected chi connectivity index (χ2v) is 3.62. The number of likely N-dealkylation sites (N-methyl/N-ethyl adjacent to an activating group) is 1. The Morgan fingerprint density at radius 3 is 2.73 bits per heavy atom. The van der Waals surface area contributed by atoms with Gasteiger partial charge in [-0.05, 0) is 12.0 Å². The molecule has 7 heteroatoms. The van der Waals surface area contributed by atoms with E-state index in [0.717, 1.165) is 26.2 Å². The molecule has 1 N–H and O–H groups in total. The monoisotopic (exact) mass is 211 g/mol. The van der Waals surface area contributed by atoms with Gasteiger partial charge < -0.3 is 19.9 Å². The minimum atomic E-state index is -0.430. The van der Waals surface area contributed by atoms with E-state index in [9.17, 15) is 10.1 Å². The Balaban J connectivity index is 2.15. The summed E-state index contributed by atoms with van der Waals surface area (Å²) in [5, 5.41) is 10.7. The van der Waals surface area contributed by atoms with E-state index in [0.29, 0.717) is 5.82 Å². The molecule has 1 aliphatic rings. The van der Waals surface area contributed by atoms with Crippen LogP contribution in [0.15, 0.2) is 6.33 Å². The first-order valence-electron chi connectivity index (χ1n) is 4.79. The summed E-state index contributed by atoms with van der Waals surface area (Å²) in [6.07, 6.45) is 1.37. The van der Waals surface area contributed by atoms with E-state index in [2.05, 4.69) is 14.9 Å². The fraction of sp³-hybridized carbons (Fsp3) is 0.625. The lowest BCUT2D eigenvalue weighted by atomic mass is 10.3. The molecule has 0 amide bonds. The number of hydrogen-bond donors (Lipinski definition) is 1. The molecular formula is C8H13N5O2. The first-order valence-corrected chi connectivity index (χ1v) is 4.79. The third kappa shape index (κ3) is 1.91. The summed E-state index contributed by atoms with van der Waals surface area (Å²) in [7, 11) is 2.04. The molecule has 0 aliphatic carbocycles. The maximum Gasteiger partial charge on any atom is 0.365 e. The number of nitrogens with zero attached hydrogens (tertiary/aromatic N) is 4. The number of nitrogens with one attached hydrogen (secondary N) is 1. The topological polar surface area (TPSA) is 78.3 Å². The van der Waals surface area contributed by atoms with Crippen LogP contribution in [0.5, 0.6) is 0 Å². The molecule has 2 rings (SSSR count). The second kappa shape index (κ2) is 3.85. The van der Waals surface area contributed by atoms with E-state index in [1.54, 1.807) is 0 Å². The van der Waals surface area contributed by atoms with Crippen molar-refractivity contribution in [3.8, 4) is 0 Å². The Morgan fingerprint density at radius 1 is 1.47 bits per heavy atom. The number of H-pyrrole nitrogens is 1. The molecule has 0 spiro atoms. The molecule has 0 saturated carbocycles. The van der Waals surface area contributed by atoms with Gasteiger partial charge in [0, 0.05) is 26.2 Å². The number of rotatable bonds is 2. The summed E-state index contributed by atoms with van der Waals surface area (Å²) in [6.45, 7) is 3.37. The van der Waals surface area contributed by atoms with Crippen LogP contribution in [-0.2, 0) is 0 Å². The molecule has 1 aromatic heterocycles. The van der Waals surface area contributed by atoms with Crippen LogP contribution >= 0.6 is 0 Å². The standard InChI is InChI=1S/C8H13N5O2/c1-11-2-4-12(5-3-11)7-8(13(14)15)10-6-9-7/h6H,2-5H2,1H3,(H,9,10). The van der Waals surface area contributed by atoms with Gasteiger partial charge in [0.2, 0.25) is 5.82 Å². The average molecular weight is 211 g/mol. The Kier molecular flexibility index (Phi) is 2.55. The number of aromatic amines is 1. The average Bonchev–Trinajstić information content (AvgIpc) is 2.67. The van der Waals surface area contributed by atoms with Gasteiger partial charge in [-0.15, -0.1) is 0 Å². The van der Waals surface area contributed by atoms with E-state index >= 15 is 0 Å². The molecule has 7 nitrogen and oxygen atoms in total. The first-order chi connectivity index (χ1) is 7.18. The Morgan fingerprint density at radius 2 is 2.13 bits per heavy atom. The number of nitro groups is 1. The normalized spacial score (nSPS) is 18.1. The van der Waals surface area contributed by atoms with Crippen molar-refractivity contribution < 1.29 is 4.92 Å². The molecule has 0 aromatic carbocycles. The highest BCUT2D eigenvalue weighted by molar-refractivity contribution is 5.53. The highest BCUT2D eigenvalue weighted by Gasteiger charge is 2.24. The van der Waals surface area contributed by atoms with Crippen molar-refractivity contribution in [2.45, 2.75) is 0 Å². The Hall–Kier alpha value is -1.63. The number of anilines is 1. The van der Waals surface area contributed by atoms with Crippen LogP contribution in [0, 0.1) is 10.1 Å². The van der Waals surface area contributed by atoms with Crippen LogP contribution in [0.4, 0.5) is 11.6 Å². The number of hydrogen-bond acceptors (Lipinski definition) is 5. The Bertz CT molecular complexity index is 356. The van der Waals surface area contributed by atoms with E-state index in [1.165, 1.54) is 6.33 Å². The fourth-order valence-corrected chi connectivity index (χ4v) is 1.66. The molecule has 1 fully saturated rings. The fourth-order valence-electron chi connectivity index (χ4n) is 1.66. The number of piperazine rings is 1. The molecule has 0 unspecified atom stereocenters. The molecule has 82 valence electrons. The van der Waals surface area contributed by atoms with E-state index in [-0.39, 0.29) is 5.82 Å². The van der Waals surface area contributed by atoms with E-state index in [1.807, 2.05) is 11.9 Å². The summed E-state index contributed by atoms with van der Waals surface area (Å²) in [5.41, 5.74) is 0. The van der Waals surface area contributed by atoms with Gasteiger partial charge in [0.25, 0.3) is 0 Å². The third-order valence-electron chi connectivity index (χ3n) is 2.59.